The lowest BCUT2D eigenvalue weighted by molar-refractivity contribution is 0.447. The lowest BCUT2D eigenvalue weighted by Gasteiger charge is -2.35. The summed E-state index contributed by atoms with van der Waals surface area (Å²) in [7, 11) is -2.11. The van der Waals surface area contributed by atoms with Crippen molar-refractivity contribution in [1.29, 1.82) is 0 Å². The summed E-state index contributed by atoms with van der Waals surface area (Å²) in [5, 5.41) is 0.0238. The van der Waals surface area contributed by atoms with Gasteiger partial charge in [0.1, 0.15) is 0 Å². The van der Waals surface area contributed by atoms with Crippen LogP contribution >= 0.6 is 0 Å². The van der Waals surface area contributed by atoms with Crippen molar-refractivity contribution in [2.24, 2.45) is 5.73 Å². The molecule has 0 aliphatic carbocycles. The summed E-state index contributed by atoms with van der Waals surface area (Å²) in [6, 6.07) is 0. The fourth-order valence-corrected chi connectivity index (χ4v) is 2.50. The van der Waals surface area contributed by atoms with Gasteiger partial charge < -0.3 is 15.1 Å². The van der Waals surface area contributed by atoms with E-state index in [4.69, 9.17) is 5.73 Å². The Morgan fingerprint density at radius 2 is 2.11 bits per heavy atom. The first-order valence-electron chi connectivity index (χ1n) is 6.69. The molecule has 0 bridgehead atoms. The van der Waals surface area contributed by atoms with Gasteiger partial charge in [-0.1, -0.05) is 13.8 Å². The van der Waals surface area contributed by atoms with Gasteiger partial charge in [0, 0.05) is 18.4 Å². The van der Waals surface area contributed by atoms with Crippen molar-refractivity contribution in [2.75, 3.05) is 6.54 Å². The zero-order valence-electron chi connectivity index (χ0n) is 12.1. The van der Waals surface area contributed by atoms with Crippen molar-refractivity contribution in [1.82, 2.24) is 9.55 Å². The fourth-order valence-electron chi connectivity index (χ4n) is 1.77. The first kappa shape index (κ1) is 15.4. The normalized spacial score (nSPS) is 13.0. The van der Waals surface area contributed by atoms with E-state index in [2.05, 4.69) is 23.4 Å². The van der Waals surface area contributed by atoms with E-state index in [9.17, 15) is 4.80 Å². The molecule has 18 heavy (non-hydrogen) atoms. The zero-order chi connectivity index (χ0) is 13.8. The van der Waals surface area contributed by atoms with Gasteiger partial charge in [-0.15, -0.1) is 0 Å². The highest BCUT2D eigenvalue weighted by Gasteiger charge is 2.37. The van der Waals surface area contributed by atoms with Crippen molar-refractivity contribution in [3.63, 3.8) is 0 Å². The molecule has 0 saturated heterocycles. The zero-order valence-corrected chi connectivity index (χ0v) is 13.1. The lowest BCUT2D eigenvalue weighted by Crippen LogP contribution is -2.39. The standard InChI is InChI=1S/C13H27N3OSi/c1-13(2,18(3,4)17)7-6-12-10-15-11-16(12)9-5-8-14/h10-11,17H,5-9,14H2,1-4H3. The van der Waals surface area contributed by atoms with Crippen LogP contribution in [0.3, 0.4) is 0 Å². The van der Waals surface area contributed by atoms with E-state index >= 15 is 0 Å². The van der Waals surface area contributed by atoms with Gasteiger partial charge in [-0.25, -0.2) is 4.98 Å². The number of aromatic nitrogens is 2. The van der Waals surface area contributed by atoms with Gasteiger partial charge in [-0.2, -0.15) is 0 Å². The van der Waals surface area contributed by atoms with Gasteiger partial charge in [0.05, 0.1) is 6.33 Å². The fraction of sp³-hybridized carbons (Fsp3) is 0.769. The predicted molar refractivity (Wildman–Crippen MR) is 78.0 cm³/mol. The highest BCUT2D eigenvalue weighted by molar-refractivity contribution is 6.72. The smallest absolute Gasteiger partial charge is 0.188 e. The topological polar surface area (TPSA) is 64.1 Å². The van der Waals surface area contributed by atoms with E-state index in [1.807, 2.05) is 25.6 Å². The Hall–Kier alpha value is -0.653. The molecule has 0 aliphatic heterocycles. The maximum absolute atomic E-state index is 10.3. The molecular weight excluding hydrogens is 242 g/mol. The average Bonchev–Trinajstić information content (AvgIpc) is 2.69. The number of hydrogen-bond acceptors (Lipinski definition) is 3. The van der Waals surface area contributed by atoms with Gasteiger partial charge in [-0.3, -0.25) is 0 Å². The van der Waals surface area contributed by atoms with Gasteiger partial charge >= 0.3 is 0 Å². The monoisotopic (exact) mass is 269 g/mol. The maximum atomic E-state index is 10.3. The number of nitrogens with two attached hydrogens (primary N) is 1. The van der Waals surface area contributed by atoms with Crippen molar-refractivity contribution in [3.05, 3.63) is 18.2 Å². The Morgan fingerprint density at radius 3 is 2.67 bits per heavy atom. The quantitative estimate of drug-likeness (QED) is 0.745. The maximum Gasteiger partial charge on any atom is 0.188 e. The molecule has 0 fully saturated rings. The summed E-state index contributed by atoms with van der Waals surface area (Å²) in [6.45, 7) is 10.0. The Bertz CT molecular complexity index is 369. The molecule has 1 aromatic heterocycles. The summed E-state index contributed by atoms with van der Waals surface area (Å²) in [4.78, 5) is 14.5. The number of aryl methyl sites for hydroxylation is 2. The van der Waals surface area contributed by atoms with Crippen LogP contribution in [0.25, 0.3) is 0 Å². The van der Waals surface area contributed by atoms with Crippen LogP contribution in [0.1, 0.15) is 32.4 Å². The highest BCUT2D eigenvalue weighted by Crippen LogP contribution is 2.39. The van der Waals surface area contributed by atoms with Crippen LogP contribution in [-0.2, 0) is 13.0 Å². The molecule has 3 N–H and O–H groups in total. The minimum absolute atomic E-state index is 0.0238. The Morgan fingerprint density at radius 1 is 1.44 bits per heavy atom. The molecule has 104 valence electrons. The molecule has 0 amide bonds. The molecule has 0 saturated carbocycles. The second-order valence-electron chi connectivity index (χ2n) is 6.16. The molecule has 0 aliphatic rings. The molecule has 0 unspecified atom stereocenters. The van der Waals surface area contributed by atoms with Crippen LogP contribution < -0.4 is 5.73 Å². The molecule has 0 atom stereocenters. The van der Waals surface area contributed by atoms with E-state index in [-0.39, 0.29) is 5.04 Å². The van der Waals surface area contributed by atoms with Gasteiger partial charge in [0.25, 0.3) is 0 Å². The van der Waals surface area contributed by atoms with Gasteiger partial charge in [0.15, 0.2) is 8.32 Å². The SMILES string of the molecule is CC(C)(CCc1cncn1CCCN)[Si](C)(C)O. The summed E-state index contributed by atoms with van der Waals surface area (Å²) in [6.07, 6.45) is 6.75. The molecule has 0 aromatic carbocycles. The van der Waals surface area contributed by atoms with E-state index in [0.29, 0.717) is 6.54 Å². The van der Waals surface area contributed by atoms with Crippen LogP contribution in [0.2, 0.25) is 18.1 Å². The second-order valence-corrected chi connectivity index (χ2v) is 10.6. The van der Waals surface area contributed by atoms with Crippen LogP contribution in [0.15, 0.2) is 12.5 Å². The number of imidazole rings is 1. The number of rotatable bonds is 7. The van der Waals surface area contributed by atoms with E-state index in [0.717, 1.165) is 25.8 Å². The van der Waals surface area contributed by atoms with Gasteiger partial charge in [-0.05, 0) is 43.9 Å². The van der Waals surface area contributed by atoms with Crippen molar-refractivity contribution < 1.29 is 4.80 Å². The lowest BCUT2D eigenvalue weighted by atomic mass is 10.1. The molecule has 0 spiro atoms. The molecule has 4 nitrogen and oxygen atoms in total. The number of nitrogens with zero attached hydrogens (tertiary/aromatic N) is 2. The molecular formula is C13H27N3OSi. The average molecular weight is 269 g/mol. The van der Waals surface area contributed by atoms with Gasteiger partial charge in [0.2, 0.25) is 0 Å². The third-order valence-corrected chi connectivity index (χ3v) is 7.63. The molecule has 1 aromatic rings. The van der Waals surface area contributed by atoms with E-state index in [1.165, 1.54) is 5.69 Å². The molecule has 5 heteroatoms. The van der Waals surface area contributed by atoms with E-state index < -0.39 is 8.32 Å². The minimum atomic E-state index is -2.11. The van der Waals surface area contributed by atoms with Crippen LogP contribution in [0, 0.1) is 0 Å². The largest absolute Gasteiger partial charge is 0.432 e. The van der Waals surface area contributed by atoms with Crippen molar-refractivity contribution >= 4 is 8.32 Å². The van der Waals surface area contributed by atoms with E-state index in [1.54, 1.807) is 0 Å². The third kappa shape index (κ3) is 3.93. The molecule has 1 heterocycles. The Labute approximate surface area is 111 Å². The minimum Gasteiger partial charge on any atom is -0.432 e. The first-order valence-corrected chi connectivity index (χ1v) is 9.64. The first-order chi connectivity index (χ1) is 8.28. The van der Waals surface area contributed by atoms with Crippen molar-refractivity contribution in [2.45, 2.75) is 57.8 Å². The summed E-state index contributed by atoms with van der Waals surface area (Å²) in [5.41, 5.74) is 6.78. The molecule has 0 radical (unpaired) electrons. The molecule has 1 rings (SSSR count). The number of hydrogen-bond donors (Lipinski definition) is 2. The predicted octanol–water partition coefficient (Wildman–Crippen LogP) is 2.14. The third-order valence-electron chi connectivity index (χ3n) is 4.06. The summed E-state index contributed by atoms with van der Waals surface area (Å²) < 4.78 is 2.18. The van der Waals surface area contributed by atoms with Crippen LogP contribution in [0.4, 0.5) is 0 Å². The van der Waals surface area contributed by atoms with Crippen LogP contribution in [0.5, 0.6) is 0 Å². The highest BCUT2D eigenvalue weighted by atomic mass is 28.4. The Kier molecular flexibility index (Phi) is 5.13. The van der Waals surface area contributed by atoms with Crippen molar-refractivity contribution in [3.8, 4) is 0 Å². The summed E-state index contributed by atoms with van der Waals surface area (Å²) >= 11 is 0. The van der Waals surface area contributed by atoms with Crippen LogP contribution in [-0.4, -0.2) is 29.2 Å². The summed E-state index contributed by atoms with van der Waals surface area (Å²) in [5.74, 6) is 0. The second kappa shape index (κ2) is 5.99. The Balaban J connectivity index is 2.61.